The van der Waals surface area contributed by atoms with Crippen LogP contribution in [0.2, 0.25) is 5.02 Å². The van der Waals surface area contributed by atoms with E-state index < -0.39 is 35.1 Å². The van der Waals surface area contributed by atoms with Crippen molar-refractivity contribution in [1.82, 2.24) is 20.0 Å². The molecule has 3 heterocycles. The number of nitrogens with one attached hydrogen (secondary N) is 1. The minimum atomic E-state index is -4.56. The molecule has 2 aliphatic heterocycles. The topological polar surface area (TPSA) is 67.2 Å². The number of benzene rings is 2. The zero-order chi connectivity index (χ0) is 24.9. The number of nitrogens with zero attached hydrogens (tertiary/aromatic N) is 3. The molecule has 0 unspecified atom stereocenters. The standard InChI is InChI=1S/C23H17ClF4N4O2S/c24-15-3-2-13(16(7-15)23(26,27)28)11-31-18-4-1-12(5-14(18)8-30-31)6-20-21(33)32(22(34)35-20)19-10-29-9-17(19)25/h1-8,17,19,29H,9-11H2/b20-6-/t17-,19+/m0/s1. The zero-order valence-electron chi connectivity index (χ0n) is 17.9. The van der Waals surface area contributed by atoms with Gasteiger partial charge in [0, 0.05) is 23.5 Å². The summed E-state index contributed by atoms with van der Waals surface area (Å²) in [7, 11) is 0. The number of aromatic nitrogens is 2. The molecule has 2 atom stereocenters. The Kier molecular flexibility index (Phi) is 6.10. The van der Waals surface area contributed by atoms with Crippen molar-refractivity contribution in [2.75, 3.05) is 13.1 Å². The second-order valence-corrected chi connectivity index (χ2v) is 9.64. The molecule has 2 amide bonds. The summed E-state index contributed by atoms with van der Waals surface area (Å²) in [5.41, 5.74) is 0.396. The highest BCUT2D eigenvalue weighted by molar-refractivity contribution is 8.18. The van der Waals surface area contributed by atoms with Crippen molar-refractivity contribution in [3.63, 3.8) is 0 Å². The van der Waals surface area contributed by atoms with Crippen LogP contribution in [0.4, 0.5) is 22.4 Å². The number of carbonyl (C=O) groups excluding carboxylic acids is 2. The van der Waals surface area contributed by atoms with Crippen molar-refractivity contribution in [1.29, 1.82) is 0 Å². The Labute approximate surface area is 205 Å². The normalized spacial score (nSPS) is 22.2. The van der Waals surface area contributed by atoms with Crippen molar-refractivity contribution in [3.8, 4) is 0 Å². The highest BCUT2D eigenvalue weighted by Crippen LogP contribution is 2.36. The lowest BCUT2D eigenvalue weighted by molar-refractivity contribution is -0.138. The third kappa shape index (κ3) is 4.55. The molecular weight excluding hydrogens is 508 g/mol. The number of rotatable bonds is 4. The molecule has 2 saturated heterocycles. The molecule has 2 fully saturated rings. The van der Waals surface area contributed by atoms with Gasteiger partial charge in [-0.05, 0) is 53.2 Å². The molecule has 0 radical (unpaired) electrons. The number of hydrogen-bond acceptors (Lipinski definition) is 5. The van der Waals surface area contributed by atoms with Crippen LogP contribution < -0.4 is 5.32 Å². The fourth-order valence-electron chi connectivity index (χ4n) is 4.24. The Hall–Kier alpha value is -2.89. The maximum Gasteiger partial charge on any atom is 0.416 e. The molecule has 2 aromatic carbocycles. The summed E-state index contributed by atoms with van der Waals surface area (Å²) < 4.78 is 55.9. The van der Waals surface area contributed by atoms with Crippen LogP contribution in [0.1, 0.15) is 16.7 Å². The second-order valence-electron chi connectivity index (χ2n) is 8.21. The highest BCUT2D eigenvalue weighted by atomic mass is 35.5. The molecule has 1 N–H and O–H groups in total. The van der Waals surface area contributed by atoms with Gasteiger partial charge in [0.25, 0.3) is 11.1 Å². The van der Waals surface area contributed by atoms with Gasteiger partial charge in [0.15, 0.2) is 0 Å². The summed E-state index contributed by atoms with van der Waals surface area (Å²) in [5, 5.41) is 7.17. The summed E-state index contributed by atoms with van der Waals surface area (Å²) in [6.07, 6.45) is -2.82. The van der Waals surface area contributed by atoms with E-state index in [0.717, 1.165) is 22.7 Å². The third-order valence-electron chi connectivity index (χ3n) is 5.93. The lowest BCUT2D eigenvalue weighted by Gasteiger charge is -2.21. The molecule has 6 nitrogen and oxygen atoms in total. The van der Waals surface area contributed by atoms with E-state index >= 15 is 0 Å². The van der Waals surface area contributed by atoms with Crippen LogP contribution in [0.5, 0.6) is 0 Å². The Bertz CT molecular complexity index is 1370. The van der Waals surface area contributed by atoms with Gasteiger partial charge >= 0.3 is 6.18 Å². The lowest BCUT2D eigenvalue weighted by atomic mass is 10.1. The van der Waals surface area contributed by atoms with Crippen LogP contribution in [0.3, 0.4) is 0 Å². The fourth-order valence-corrected chi connectivity index (χ4v) is 5.29. The molecule has 2 aliphatic rings. The first kappa shape index (κ1) is 23.8. The van der Waals surface area contributed by atoms with Gasteiger partial charge in [-0.1, -0.05) is 23.7 Å². The number of hydrogen-bond donors (Lipinski definition) is 1. The van der Waals surface area contributed by atoms with Gasteiger partial charge in [-0.25, -0.2) is 4.39 Å². The summed E-state index contributed by atoms with van der Waals surface area (Å²) in [4.78, 5) is 26.3. The van der Waals surface area contributed by atoms with Gasteiger partial charge in [0.2, 0.25) is 0 Å². The van der Waals surface area contributed by atoms with Crippen LogP contribution in [-0.2, 0) is 17.5 Å². The van der Waals surface area contributed by atoms with Gasteiger partial charge in [-0.2, -0.15) is 18.3 Å². The molecular formula is C23H17ClF4N4O2S. The predicted octanol–water partition coefficient (Wildman–Crippen LogP) is 5.10. The molecule has 5 rings (SSSR count). The number of imide groups is 1. The molecule has 1 aromatic heterocycles. The summed E-state index contributed by atoms with van der Waals surface area (Å²) in [6, 6.07) is 7.86. The van der Waals surface area contributed by atoms with Crippen LogP contribution in [0.25, 0.3) is 17.0 Å². The van der Waals surface area contributed by atoms with E-state index in [-0.39, 0.29) is 35.1 Å². The van der Waals surface area contributed by atoms with Gasteiger partial charge in [-0.3, -0.25) is 19.2 Å². The molecule has 0 bridgehead atoms. The maximum absolute atomic E-state index is 14.1. The first-order valence-corrected chi connectivity index (χ1v) is 11.7. The van der Waals surface area contributed by atoms with Crippen molar-refractivity contribution in [2.45, 2.75) is 24.9 Å². The molecule has 182 valence electrons. The van der Waals surface area contributed by atoms with E-state index in [4.69, 9.17) is 11.6 Å². The van der Waals surface area contributed by atoms with Crippen molar-refractivity contribution < 1.29 is 27.2 Å². The molecule has 3 aromatic rings. The Morgan fingerprint density at radius 1 is 1.17 bits per heavy atom. The molecule has 35 heavy (non-hydrogen) atoms. The third-order valence-corrected chi connectivity index (χ3v) is 7.05. The molecule has 0 saturated carbocycles. The van der Waals surface area contributed by atoms with Gasteiger partial charge in [0.1, 0.15) is 6.17 Å². The zero-order valence-corrected chi connectivity index (χ0v) is 19.4. The summed E-state index contributed by atoms with van der Waals surface area (Å²) >= 11 is 6.51. The molecule has 12 heteroatoms. The minimum absolute atomic E-state index is 0.00770. The summed E-state index contributed by atoms with van der Waals surface area (Å²) in [5.74, 6) is -0.547. The van der Waals surface area contributed by atoms with Crippen LogP contribution >= 0.6 is 23.4 Å². The van der Waals surface area contributed by atoms with Gasteiger partial charge < -0.3 is 5.32 Å². The minimum Gasteiger partial charge on any atom is -0.312 e. The average molecular weight is 525 g/mol. The lowest BCUT2D eigenvalue weighted by Crippen LogP contribution is -2.44. The van der Waals surface area contributed by atoms with E-state index in [1.807, 2.05) is 0 Å². The highest BCUT2D eigenvalue weighted by Gasteiger charge is 2.44. The largest absolute Gasteiger partial charge is 0.416 e. The monoisotopic (exact) mass is 524 g/mol. The van der Waals surface area contributed by atoms with E-state index in [9.17, 15) is 27.2 Å². The number of carbonyl (C=O) groups is 2. The number of halogens is 5. The molecule has 0 spiro atoms. The predicted molar refractivity (Wildman–Crippen MR) is 125 cm³/mol. The van der Waals surface area contributed by atoms with E-state index in [2.05, 4.69) is 10.4 Å². The summed E-state index contributed by atoms with van der Waals surface area (Å²) in [6.45, 7) is 0.182. The van der Waals surface area contributed by atoms with Crippen LogP contribution in [0, 0.1) is 0 Å². The Morgan fingerprint density at radius 2 is 1.97 bits per heavy atom. The van der Waals surface area contributed by atoms with Crippen molar-refractivity contribution in [2.24, 2.45) is 0 Å². The van der Waals surface area contributed by atoms with E-state index in [1.54, 1.807) is 18.2 Å². The number of thioether (sulfide) groups is 1. The smallest absolute Gasteiger partial charge is 0.312 e. The first-order valence-electron chi connectivity index (χ1n) is 10.5. The SMILES string of the molecule is O=C1S/C(=C\c2ccc3c(cnn3Cc3ccc(Cl)cc3C(F)(F)F)c2)C(=O)N1[C@@H]1CNC[C@@H]1F. The first-order chi connectivity index (χ1) is 16.6. The fraction of sp³-hybridized carbons (Fsp3) is 0.261. The number of fused-ring (bicyclic) bond motifs is 1. The Morgan fingerprint density at radius 3 is 2.69 bits per heavy atom. The Balaban J connectivity index is 1.41. The van der Waals surface area contributed by atoms with Crippen LogP contribution in [0.15, 0.2) is 47.5 Å². The van der Waals surface area contributed by atoms with Crippen molar-refractivity contribution in [3.05, 3.63) is 69.2 Å². The maximum atomic E-state index is 14.1. The van der Waals surface area contributed by atoms with Crippen molar-refractivity contribution >= 4 is 51.5 Å². The van der Waals surface area contributed by atoms with Gasteiger partial charge in [-0.15, -0.1) is 0 Å². The van der Waals surface area contributed by atoms with Gasteiger partial charge in [0.05, 0.1) is 34.8 Å². The average Bonchev–Trinajstić information content (AvgIpc) is 3.46. The number of amides is 2. The van der Waals surface area contributed by atoms with E-state index in [1.165, 1.54) is 29.1 Å². The van der Waals surface area contributed by atoms with Crippen LogP contribution in [-0.4, -0.2) is 51.1 Å². The quantitative estimate of drug-likeness (QED) is 0.380. The second kappa shape index (κ2) is 8.96. The van der Waals surface area contributed by atoms with E-state index in [0.29, 0.717) is 16.5 Å². The molecule has 0 aliphatic carbocycles. The number of alkyl halides is 4.